The highest BCUT2D eigenvalue weighted by atomic mass is 16.4. The fourth-order valence-electron chi connectivity index (χ4n) is 12.0. The Bertz CT molecular complexity index is 3580. The number of phenolic OH excluding ortho intramolecular Hbond substituents is 1. The van der Waals surface area contributed by atoms with E-state index in [4.69, 9.17) is 11.1 Å². The van der Waals surface area contributed by atoms with Crippen LogP contribution in [0.2, 0.25) is 0 Å². The van der Waals surface area contributed by atoms with Crippen LogP contribution in [-0.2, 0) is 81.6 Å². The number of likely N-dealkylation sites (N-methyl/N-ethyl adjacent to an activating group) is 1. The number of nitrogens with one attached hydrogen (secondary N) is 15. The number of benzene rings is 3. The van der Waals surface area contributed by atoms with Crippen molar-refractivity contribution in [3.8, 4) is 5.75 Å². The topological polar surface area (TPSA) is 505 Å². The van der Waals surface area contributed by atoms with Gasteiger partial charge in [0.1, 0.15) is 60.1 Å². The maximum absolute atomic E-state index is 14.6. The molecule has 4 rings (SSSR count). The number of aliphatic carboxylic acids is 1. The number of nitrogens with two attached hydrogens (primary N) is 1. The number of aromatic nitrogens is 1. The zero-order valence-electron chi connectivity index (χ0n) is 63.5. The van der Waals surface area contributed by atoms with Crippen molar-refractivity contribution in [2.24, 2.45) is 5.73 Å². The van der Waals surface area contributed by atoms with Crippen LogP contribution in [0.25, 0.3) is 10.9 Å². The van der Waals surface area contributed by atoms with Gasteiger partial charge in [0.15, 0.2) is 5.96 Å². The number of unbranched alkanes of at least 4 members (excludes halogenated alkanes) is 10. The van der Waals surface area contributed by atoms with Crippen molar-refractivity contribution >= 4 is 93.7 Å². The van der Waals surface area contributed by atoms with Crippen LogP contribution in [0.4, 0.5) is 0 Å². The number of aromatic amines is 1. The first-order chi connectivity index (χ1) is 52.2. The van der Waals surface area contributed by atoms with Crippen LogP contribution >= 0.6 is 0 Å². The first kappa shape index (κ1) is 90.7. The van der Waals surface area contributed by atoms with Gasteiger partial charge in [-0.15, -0.1) is 0 Å². The number of aromatic hydroxyl groups is 1. The highest BCUT2D eigenvalue weighted by molar-refractivity contribution is 5.99. The van der Waals surface area contributed by atoms with Crippen molar-refractivity contribution in [3.63, 3.8) is 0 Å². The molecule has 109 heavy (non-hydrogen) atoms. The van der Waals surface area contributed by atoms with Crippen molar-refractivity contribution in [3.05, 3.63) is 102 Å². The number of hydrogen-bond donors (Lipinski definition) is 19. The third-order valence-corrected chi connectivity index (χ3v) is 18.1. The molecule has 0 aliphatic carbocycles. The van der Waals surface area contributed by atoms with Crippen LogP contribution in [0.1, 0.15) is 186 Å². The molecule has 12 amide bonds. The summed E-state index contributed by atoms with van der Waals surface area (Å²) in [5.41, 5.74) is 8.04. The van der Waals surface area contributed by atoms with Crippen LogP contribution < -0.4 is 74.9 Å². The van der Waals surface area contributed by atoms with Crippen molar-refractivity contribution in [2.75, 3.05) is 32.8 Å². The molecule has 0 unspecified atom stereocenters. The average Bonchev–Trinajstić information content (AvgIpc) is 1.70. The molecule has 4 aromatic rings. The second kappa shape index (κ2) is 50.8. The Balaban J connectivity index is 1.45. The fourth-order valence-corrected chi connectivity index (χ4v) is 12.0. The number of rotatable bonds is 54. The number of carboxylic acid groups (broad SMARTS) is 1. The molecule has 3 aromatic carbocycles. The van der Waals surface area contributed by atoms with E-state index in [0.29, 0.717) is 43.2 Å². The van der Waals surface area contributed by atoms with Crippen LogP contribution in [0, 0.1) is 5.41 Å². The summed E-state index contributed by atoms with van der Waals surface area (Å²) in [6.07, 6.45) is 12.5. The van der Waals surface area contributed by atoms with Crippen LogP contribution in [0.3, 0.4) is 0 Å². The van der Waals surface area contributed by atoms with E-state index in [1.54, 1.807) is 50.4 Å². The number of amides is 12. The van der Waals surface area contributed by atoms with Gasteiger partial charge >= 0.3 is 5.97 Å². The molecule has 20 N–H and O–H groups in total. The van der Waals surface area contributed by atoms with Gasteiger partial charge in [-0.3, -0.25) is 67.7 Å². The van der Waals surface area contributed by atoms with Gasteiger partial charge in [0.05, 0.1) is 6.61 Å². The molecular weight excluding hydrogens is 1400 g/mol. The molecule has 0 saturated carbocycles. The number of carboxylic acids is 1. The van der Waals surface area contributed by atoms with Gasteiger partial charge in [-0.25, -0.2) is 0 Å². The Morgan fingerprint density at radius 1 is 0.431 bits per heavy atom. The summed E-state index contributed by atoms with van der Waals surface area (Å²) in [6, 6.07) is 8.54. The van der Waals surface area contributed by atoms with Gasteiger partial charge in [0, 0.05) is 88.7 Å². The van der Waals surface area contributed by atoms with Crippen molar-refractivity contribution < 1.29 is 77.6 Å². The van der Waals surface area contributed by atoms with Gasteiger partial charge in [-0.2, -0.15) is 0 Å². The van der Waals surface area contributed by atoms with Gasteiger partial charge < -0.3 is 95.2 Å². The lowest BCUT2D eigenvalue weighted by Gasteiger charge is -2.27. The third-order valence-electron chi connectivity index (χ3n) is 18.1. The van der Waals surface area contributed by atoms with E-state index in [1.165, 1.54) is 70.2 Å². The van der Waals surface area contributed by atoms with E-state index in [2.05, 4.69) is 81.0 Å². The Morgan fingerprint density at radius 2 is 0.890 bits per heavy atom. The predicted octanol–water partition coefficient (Wildman–Crippen LogP) is 2.46. The molecule has 32 nitrogen and oxygen atoms in total. The van der Waals surface area contributed by atoms with Crippen LogP contribution in [-0.4, -0.2) is 190 Å². The van der Waals surface area contributed by atoms with E-state index < -0.39 is 139 Å². The second-order valence-electron chi connectivity index (χ2n) is 27.2. The number of para-hydroxylation sites is 1. The molecule has 0 fully saturated rings. The highest BCUT2D eigenvalue weighted by Crippen LogP contribution is 2.21. The minimum atomic E-state index is -1.86. The minimum absolute atomic E-state index is 0.0399. The molecule has 0 aliphatic heterocycles. The SMILES string of the molecule is CCCCCCCCCCCC(=O)NCCC(=O)NCCCC[C@H](NC(C)=O)C(=O)N[C@@H](Cc1ccc(O)cc1)C(=O)N[C@@H](C)C(=O)N[C@@H](CCCC)C(=O)N[C@@H](CCC(=O)O)C(=O)N[C@@H](CO)C(=O)N[C@H](Cc1ccccc1)C(=O)N[C@@H](CCCNC(=N)N)C(=O)N[C@@H](Cc1c[nH]c2ccccc12)C(=O)NCC. The normalized spacial score (nSPS) is 13.5. The summed E-state index contributed by atoms with van der Waals surface area (Å²) < 4.78 is 0. The largest absolute Gasteiger partial charge is 0.508 e. The Hall–Kier alpha value is -10.7. The monoisotopic (exact) mass is 1520 g/mol. The number of aliphatic hydroxyl groups excluding tert-OH is 1. The molecule has 32 heteroatoms. The number of guanidine groups is 1. The van der Waals surface area contributed by atoms with Crippen molar-refractivity contribution in [1.82, 2.24) is 74.1 Å². The third kappa shape index (κ3) is 35.7. The Kier molecular flexibility index (Phi) is 42.3. The fraction of sp³-hybridized carbons (Fsp3) is 0.558. The smallest absolute Gasteiger partial charge is 0.303 e. The zero-order valence-corrected chi connectivity index (χ0v) is 63.5. The maximum Gasteiger partial charge on any atom is 0.303 e. The Morgan fingerprint density at radius 3 is 1.47 bits per heavy atom. The van der Waals surface area contributed by atoms with E-state index in [-0.39, 0.29) is 101 Å². The molecule has 1 aromatic heterocycles. The van der Waals surface area contributed by atoms with E-state index >= 15 is 0 Å². The molecular formula is C77H116N16O16. The highest BCUT2D eigenvalue weighted by Gasteiger charge is 2.36. The summed E-state index contributed by atoms with van der Waals surface area (Å²) in [4.78, 5) is 180. The number of carbonyl (C=O) groups is 13. The van der Waals surface area contributed by atoms with Gasteiger partial charge in [-0.05, 0) is 100 Å². The molecule has 0 saturated heterocycles. The zero-order chi connectivity index (χ0) is 80.0. The molecule has 600 valence electrons. The molecule has 0 aliphatic rings. The lowest BCUT2D eigenvalue weighted by atomic mass is 10.0. The van der Waals surface area contributed by atoms with Gasteiger partial charge in [0.2, 0.25) is 70.9 Å². The number of hydrogen-bond acceptors (Lipinski definition) is 16. The molecule has 0 spiro atoms. The predicted molar refractivity (Wildman–Crippen MR) is 410 cm³/mol. The first-order valence-electron chi connectivity index (χ1n) is 38.0. The summed E-state index contributed by atoms with van der Waals surface area (Å²) in [5, 5.41) is 73.2. The average molecular weight is 1520 g/mol. The number of H-pyrrole nitrogens is 1. The molecule has 0 radical (unpaired) electrons. The van der Waals surface area contributed by atoms with Crippen LogP contribution in [0.15, 0.2) is 85.1 Å². The number of aliphatic hydroxyl groups is 1. The molecule has 0 bridgehead atoms. The maximum atomic E-state index is 14.6. The molecule has 9 atom stereocenters. The quantitative estimate of drug-likeness (QED) is 0.0171. The van der Waals surface area contributed by atoms with E-state index in [9.17, 15) is 77.6 Å². The van der Waals surface area contributed by atoms with Gasteiger partial charge in [0.25, 0.3) is 0 Å². The van der Waals surface area contributed by atoms with Crippen LogP contribution in [0.5, 0.6) is 5.75 Å². The summed E-state index contributed by atoms with van der Waals surface area (Å²) >= 11 is 0. The lowest BCUT2D eigenvalue weighted by molar-refractivity contribution is -0.139. The standard InChI is InChI=1S/C77H116N16O16/c1-6-9-11-12-13-14-15-16-20-33-65(97)82-43-40-66(98)81-41-24-23-31-57(86-50(5)95)70(103)90-61(45-52-34-36-54(96)37-35-52)74(107)85-49(4)68(101)87-58(29-10-7-2)71(104)89-60(38-39-67(99)100)73(106)93-64(48-94)76(109)91-62(44-51-26-18-17-19-27-51)75(108)88-59(32-25-42-83-77(78)79)72(105)92-63(69(102)80-8-3)46-53-47-84-56-30-22-21-28-55(53)56/h17-19,21-22,26-28,30,34-37,47,49,57-64,84,94,96H,6-16,20,23-25,29,31-33,38-46,48H2,1-5H3,(H,80,102)(H,81,98)(H,82,97)(H,85,107)(H,86,95)(H,87,101)(H,88,108)(H,89,104)(H,90,103)(H,91,109)(H,92,105)(H,93,106)(H,99,100)(H4,78,79,83)/t49-,57-,58-,59-,60-,61-,62+,63-,64-/m0/s1. The summed E-state index contributed by atoms with van der Waals surface area (Å²) in [7, 11) is 0. The second-order valence-corrected chi connectivity index (χ2v) is 27.2. The summed E-state index contributed by atoms with van der Waals surface area (Å²) in [5.74, 6) is -10.7. The van der Waals surface area contributed by atoms with Gasteiger partial charge in [-0.1, -0.05) is 139 Å². The first-order valence-corrected chi connectivity index (χ1v) is 38.0. The number of fused-ring (bicyclic) bond motifs is 1. The lowest BCUT2D eigenvalue weighted by Crippen LogP contribution is -2.61. The van der Waals surface area contributed by atoms with E-state index in [1.807, 2.05) is 24.3 Å². The Labute approximate surface area is 637 Å². The van der Waals surface area contributed by atoms with Crippen molar-refractivity contribution in [1.29, 1.82) is 5.41 Å². The van der Waals surface area contributed by atoms with E-state index in [0.717, 1.165) is 42.1 Å². The summed E-state index contributed by atoms with van der Waals surface area (Å²) in [6.45, 7) is 7.88. The number of phenols is 1. The molecule has 1 heterocycles. The van der Waals surface area contributed by atoms with Crippen molar-refractivity contribution in [2.45, 2.75) is 243 Å². The number of carbonyl (C=O) groups excluding carboxylic acids is 12. The minimum Gasteiger partial charge on any atom is -0.508 e.